The summed E-state index contributed by atoms with van der Waals surface area (Å²) in [5, 5.41) is 6.61. The maximum atomic E-state index is 5.73. The van der Waals surface area contributed by atoms with Crippen LogP contribution in [0.5, 0.6) is 0 Å². The van der Waals surface area contributed by atoms with Gasteiger partial charge in [-0.3, -0.25) is 0 Å². The van der Waals surface area contributed by atoms with Crippen molar-refractivity contribution in [3.8, 4) is 0 Å². The highest BCUT2D eigenvalue weighted by molar-refractivity contribution is 9.10. The molecule has 1 aliphatic heterocycles. The van der Waals surface area contributed by atoms with Gasteiger partial charge >= 0.3 is 0 Å². The van der Waals surface area contributed by atoms with E-state index in [9.17, 15) is 0 Å². The van der Waals surface area contributed by atoms with E-state index >= 15 is 0 Å². The number of halogens is 1. The quantitative estimate of drug-likeness (QED) is 0.905. The van der Waals surface area contributed by atoms with Crippen molar-refractivity contribution in [2.24, 2.45) is 0 Å². The molecule has 104 valence electrons. The van der Waals surface area contributed by atoms with Gasteiger partial charge in [-0.05, 0) is 45.8 Å². The number of nitrogens with zero attached hydrogens (tertiary/aromatic N) is 1. The molecule has 0 spiro atoms. The predicted octanol–water partition coefficient (Wildman–Crippen LogP) is 3.25. The summed E-state index contributed by atoms with van der Waals surface area (Å²) in [6, 6.07) is 12.2. The third-order valence-corrected chi connectivity index (χ3v) is 3.68. The third kappa shape index (κ3) is 3.36. The summed E-state index contributed by atoms with van der Waals surface area (Å²) >= 11 is 3.37. The molecular formula is C15H16BrN3O. The van der Waals surface area contributed by atoms with Crippen LogP contribution in [0, 0.1) is 0 Å². The number of pyridine rings is 1. The molecule has 5 heteroatoms. The number of hydrogen-bond donors (Lipinski definition) is 2. The predicted molar refractivity (Wildman–Crippen MR) is 83.2 cm³/mol. The zero-order valence-electron chi connectivity index (χ0n) is 11.0. The van der Waals surface area contributed by atoms with Gasteiger partial charge in [0.2, 0.25) is 0 Å². The Morgan fingerprint density at radius 2 is 2.05 bits per heavy atom. The number of anilines is 2. The number of morpholine rings is 1. The molecule has 2 aromatic rings. The van der Waals surface area contributed by atoms with Crippen LogP contribution >= 0.6 is 15.9 Å². The molecule has 4 nitrogen and oxygen atoms in total. The first kappa shape index (κ1) is 13.5. The second-order valence-corrected chi connectivity index (χ2v) is 5.59. The molecule has 1 atom stereocenters. The summed E-state index contributed by atoms with van der Waals surface area (Å²) in [5.41, 5.74) is 2.22. The summed E-state index contributed by atoms with van der Waals surface area (Å²) < 4.78 is 6.71. The van der Waals surface area contributed by atoms with Crippen LogP contribution in [-0.4, -0.2) is 24.7 Å². The highest BCUT2D eigenvalue weighted by Crippen LogP contribution is 2.22. The monoisotopic (exact) mass is 333 g/mol. The van der Waals surface area contributed by atoms with Gasteiger partial charge in [0.05, 0.1) is 12.7 Å². The number of benzene rings is 1. The molecule has 0 radical (unpaired) electrons. The first-order chi connectivity index (χ1) is 9.81. The van der Waals surface area contributed by atoms with Crippen molar-refractivity contribution in [1.82, 2.24) is 10.3 Å². The molecule has 0 aliphatic carbocycles. The normalized spacial score (nSPS) is 18.8. The van der Waals surface area contributed by atoms with Crippen LogP contribution in [0.2, 0.25) is 0 Å². The molecule has 3 rings (SSSR count). The Hall–Kier alpha value is -1.43. The molecule has 1 aliphatic rings. The summed E-state index contributed by atoms with van der Waals surface area (Å²) in [7, 11) is 0. The average molecular weight is 334 g/mol. The zero-order valence-corrected chi connectivity index (χ0v) is 12.6. The summed E-state index contributed by atoms with van der Waals surface area (Å²) in [6.45, 7) is 2.58. The second-order valence-electron chi connectivity index (χ2n) is 4.67. The zero-order chi connectivity index (χ0) is 13.8. The molecule has 20 heavy (non-hydrogen) atoms. The molecule has 1 aromatic heterocycles. The number of ether oxygens (including phenoxy) is 1. The van der Waals surface area contributed by atoms with Crippen LogP contribution in [0.3, 0.4) is 0 Å². The largest absolute Gasteiger partial charge is 0.371 e. The first-order valence-electron chi connectivity index (χ1n) is 6.62. The van der Waals surface area contributed by atoms with Gasteiger partial charge in [-0.15, -0.1) is 0 Å². The van der Waals surface area contributed by atoms with E-state index in [4.69, 9.17) is 4.74 Å². The van der Waals surface area contributed by atoms with Gasteiger partial charge in [-0.2, -0.15) is 0 Å². The Kier molecular flexibility index (Phi) is 4.30. The van der Waals surface area contributed by atoms with E-state index in [2.05, 4.69) is 55.8 Å². The lowest BCUT2D eigenvalue weighted by molar-refractivity contribution is 0.0277. The molecule has 1 fully saturated rings. The lowest BCUT2D eigenvalue weighted by atomic mass is 10.1. The van der Waals surface area contributed by atoms with Crippen molar-refractivity contribution in [2.75, 3.05) is 25.0 Å². The number of hydrogen-bond acceptors (Lipinski definition) is 4. The highest BCUT2D eigenvalue weighted by Gasteiger charge is 2.15. The van der Waals surface area contributed by atoms with Crippen LogP contribution < -0.4 is 10.6 Å². The SMILES string of the molecule is Brc1ccc(Nc2ccc([C@H]3CNCCO3)cc2)nc1. The molecule has 0 amide bonds. The van der Waals surface area contributed by atoms with Crippen molar-refractivity contribution in [3.05, 3.63) is 52.6 Å². The Morgan fingerprint density at radius 1 is 1.20 bits per heavy atom. The molecule has 0 unspecified atom stereocenters. The summed E-state index contributed by atoms with van der Waals surface area (Å²) in [4.78, 5) is 4.29. The van der Waals surface area contributed by atoms with Crippen LogP contribution in [0.1, 0.15) is 11.7 Å². The maximum Gasteiger partial charge on any atom is 0.130 e. The van der Waals surface area contributed by atoms with Crippen molar-refractivity contribution in [3.63, 3.8) is 0 Å². The van der Waals surface area contributed by atoms with Gasteiger partial charge in [0, 0.05) is 29.4 Å². The van der Waals surface area contributed by atoms with E-state index in [1.165, 1.54) is 5.56 Å². The van der Waals surface area contributed by atoms with Crippen molar-refractivity contribution in [2.45, 2.75) is 6.10 Å². The number of rotatable bonds is 3. The lowest BCUT2D eigenvalue weighted by Crippen LogP contribution is -2.33. The van der Waals surface area contributed by atoms with Crippen LogP contribution in [0.25, 0.3) is 0 Å². The minimum absolute atomic E-state index is 0.156. The molecule has 2 heterocycles. The smallest absolute Gasteiger partial charge is 0.130 e. The van der Waals surface area contributed by atoms with E-state index in [0.717, 1.165) is 35.7 Å². The number of aromatic nitrogens is 1. The van der Waals surface area contributed by atoms with Crippen LogP contribution in [-0.2, 0) is 4.74 Å². The summed E-state index contributed by atoms with van der Waals surface area (Å²) in [5.74, 6) is 0.830. The molecule has 1 aromatic carbocycles. The Morgan fingerprint density at radius 3 is 2.70 bits per heavy atom. The summed E-state index contributed by atoms with van der Waals surface area (Å²) in [6.07, 6.45) is 1.93. The molecule has 2 N–H and O–H groups in total. The van der Waals surface area contributed by atoms with Gasteiger partial charge in [0.1, 0.15) is 5.82 Å². The van der Waals surface area contributed by atoms with Crippen LogP contribution in [0.15, 0.2) is 47.1 Å². The lowest BCUT2D eigenvalue weighted by Gasteiger charge is -2.24. The van der Waals surface area contributed by atoms with Crippen molar-refractivity contribution in [1.29, 1.82) is 0 Å². The topological polar surface area (TPSA) is 46.2 Å². The number of nitrogens with one attached hydrogen (secondary N) is 2. The third-order valence-electron chi connectivity index (χ3n) is 3.21. The van der Waals surface area contributed by atoms with Gasteiger partial charge in [0.15, 0.2) is 0 Å². The first-order valence-corrected chi connectivity index (χ1v) is 7.41. The van der Waals surface area contributed by atoms with Crippen LogP contribution in [0.4, 0.5) is 11.5 Å². The van der Waals surface area contributed by atoms with Gasteiger partial charge in [-0.1, -0.05) is 12.1 Å². The molecule has 0 saturated carbocycles. The second kappa shape index (κ2) is 6.35. The fourth-order valence-corrected chi connectivity index (χ4v) is 2.39. The van der Waals surface area contributed by atoms with E-state index in [-0.39, 0.29) is 6.10 Å². The van der Waals surface area contributed by atoms with Crippen molar-refractivity contribution >= 4 is 27.4 Å². The molecule has 0 bridgehead atoms. The Labute approximate surface area is 126 Å². The van der Waals surface area contributed by atoms with Gasteiger partial charge in [-0.25, -0.2) is 4.98 Å². The van der Waals surface area contributed by atoms with E-state index in [1.807, 2.05) is 12.1 Å². The van der Waals surface area contributed by atoms with E-state index in [1.54, 1.807) is 6.20 Å². The van der Waals surface area contributed by atoms with Crippen molar-refractivity contribution < 1.29 is 4.74 Å². The van der Waals surface area contributed by atoms with E-state index < -0.39 is 0 Å². The Bertz CT molecular complexity index is 550. The average Bonchev–Trinajstić information content (AvgIpc) is 2.51. The minimum atomic E-state index is 0.156. The fraction of sp³-hybridized carbons (Fsp3) is 0.267. The molecular weight excluding hydrogens is 318 g/mol. The highest BCUT2D eigenvalue weighted by atomic mass is 79.9. The minimum Gasteiger partial charge on any atom is -0.371 e. The van der Waals surface area contributed by atoms with E-state index in [0.29, 0.717) is 0 Å². The fourth-order valence-electron chi connectivity index (χ4n) is 2.16. The van der Waals surface area contributed by atoms with Gasteiger partial charge < -0.3 is 15.4 Å². The standard InChI is InChI=1S/C15H16BrN3O/c16-12-3-6-15(18-9-12)19-13-4-1-11(2-5-13)14-10-17-7-8-20-14/h1-6,9,14,17H,7-8,10H2,(H,18,19)/t14-/m1/s1. The maximum absolute atomic E-state index is 5.73. The molecule has 1 saturated heterocycles. The Balaban J connectivity index is 1.67. The van der Waals surface area contributed by atoms with Gasteiger partial charge in [0.25, 0.3) is 0 Å².